The molecule has 3 aliphatic rings. The number of carbonyl (C=O) groups is 2. The number of amides is 1. The first-order valence-electron chi connectivity index (χ1n) is 14.2. The molecule has 40 heavy (non-hydrogen) atoms. The van der Waals surface area contributed by atoms with Gasteiger partial charge >= 0.3 is 6.09 Å². The molecule has 0 unspecified atom stereocenters. The highest BCUT2D eigenvalue weighted by molar-refractivity contribution is 6.43. The highest BCUT2D eigenvalue weighted by Gasteiger charge is 2.55. The minimum Gasteiger partial charge on any atom is -0.489 e. The molecule has 0 aromatic heterocycles. The number of unbranched alkanes of at least 4 members (excludes halogenated alkanes) is 1. The lowest BCUT2D eigenvalue weighted by Gasteiger charge is -2.41. The molecule has 1 saturated heterocycles. The van der Waals surface area contributed by atoms with Gasteiger partial charge in [0, 0.05) is 39.2 Å². The first-order chi connectivity index (χ1) is 19.1. The fraction of sp³-hybridized carbons (Fsp3) is 0.516. The molecule has 0 spiro atoms. The maximum atomic E-state index is 14.3. The zero-order valence-corrected chi connectivity index (χ0v) is 23.9. The van der Waals surface area contributed by atoms with Crippen molar-refractivity contribution >= 4 is 23.3 Å². The number of hydrogen-bond donors (Lipinski definition) is 0. The molecule has 214 valence electrons. The largest absolute Gasteiger partial charge is 0.489 e. The lowest BCUT2D eigenvalue weighted by molar-refractivity contribution is -0.111. The quantitative estimate of drug-likeness (QED) is 0.451. The number of halogens is 1. The van der Waals surface area contributed by atoms with E-state index < -0.39 is 11.0 Å². The molecule has 0 bridgehead atoms. The van der Waals surface area contributed by atoms with E-state index in [1.807, 2.05) is 44.0 Å². The van der Waals surface area contributed by atoms with Crippen LogP contribution >= 0.6 is 0 Å². The molecule has 3 heterocycles. The molecule has 9 heteroatoms. The summed E-state index contributed by atoms with van der Waals surface area (Å²) in [6.45, 7) is 11.3. The predicted octanol–water partition coefficient (Wildman–Crippen LogP) is 5.01. The SMILES string of the molecule is CC(=O)C1=NN2c3cc(F)ccc3OC[C@@H]2[C@]1(CCCCN1CCN(C(=O)OC(C)(C)C)CC1)c1ccccc1. The Balaban J connectivity index is 1.29. The van der Waals surface area contributed by atoms with Crippen LogP contribution in [-0.4, -0.2) is 78.4 Å². The average Bonchev–Trinajstić information content (AvgIpc) is 3.27. The van der Waals surface area contributed by atoms with Crippen LogP contribution in [0, 0.1) is 5.82 Å². The third kappa shape index (κ3) is 5.57. The van der Waals surface area contributed by atoms with Crippen LogP contribution in [0.1, 0.15) is 52.5 Å². The molecule has 0 aliphatic carbocycles. The number of carbonyl (C=O) groups excluding carboxylic acids is 2. The summed E-state index contributed by atoms with van der Waals surface area (Å²) in [5.41, 5.74) is 0.893. The normalized spacial score (nSPS) is 22.7. The molecule has 2 aromatic rings. The summed E-state index contributed by atoms with van der Waals surface area (Å²) in [6, 6.07) is 14.2. The summed E-state index contributed by atoms with van der Waals surface area (Å²) in [7, 11) is 0. The van der Waals surface area contributed by atoms with E-state index in [2.05, 4.69) is 17.0 Å². The van der Waals surface area contributed by atoms with Crippen LogP contribution < -0.4 is 9.75 Å². The second-order valence-electron chi connectivity index (χ2n) is 11.9. The Morgan fingerprint density at radius 2 is 1.80 bits per heavy atom. The van der Waals surface area contributed by atoms with Gasteiger partial charge in [-0.2, -0.15) is 5.10 Å². The molecule has 5 rings (SSSR count). The Morgan fingerprint density at radius 1 is 1.07 bits per heavy atom. The summed E-state index contributed by atoms with van der Waals surface area (Å²) >= 11 is 0. The molecular formula is C31H39FN4O4. The number of ether oxygens (including phenoxy) is 2. The number of ketones is 1. The van der Waals surface area contributed by atoms with Crippen LogP contribution in [0.3, 0.4) is 0 Å². The minimum atomic E-state index is -0.674. The van der Waals surface area contributed by atoms with Crippen molar-refractivity contribution in [1.29, 1.82) is 0 Å². The number of anilines is 1. The lowest BCUT2D eigenvalue weighted by atomic mass is 9.67. The van der Waals surface area contributed by atoms with Crippen LogP contribution in [0.5, 0.6) is 5.75 Å². The molecule has 2 aromatic carbocycles. The van der Waals surface area contributed by atoms with Crippen LogP contribution in [0.4, 0.5) is 14.9 Å². The molecule has 3 aliphatic heterocycles. The zero-order chi connectivity index (χ0) is 28.5. The summed E-state index contributed by atoms with van der Waals surface area (Å²) in [5, 5.41) is 6.64. The van der Waals surface area contributed by atoms with E-state index in [-0.39, 0.29) is 23.7 Å². The van der Waals surface area contributed by atoms with Gasteiger partial charge in [0.1, 0.15) is 41.2 Å². The Bertz CT molecular complexity index is 1270. The number of piperazine rings is 1. The number of hydrogen-bond acceptors (Lipinski definition) is 7. The molecule has 0 N–H and O–H groups in total. The maximum absolute atomic E-state index is 14.3. The zero-order valence-electron chi connectivity index (χ0n) is 23.9. The number of Topliss-reactive ketones (excluding diaryl/α,β-unsaturated/α-hetero) is 1. The van der Waals surface area contributed by atoms with Gasteiger partial charge in [0.05, 0.1) is 5.41 Å². The molecule has 0 saturated carbocycles. The second kappa shape index (κ2) is 11.2. The number of rotatable bonds is 7. The molecular weight excluding hydrogens is 511 g/mol. The van der Waals surface area contributed by atoms with Crippen molar-refractivity contribution in [2.45, 2.75) is 64.0 Å². The minimum absolute atomic E-state index is 0.0885. The first kappa shape index (κ1) is 28.1. The van der Waals surface area contributed by atoms with Crippen LogP contribution in [0.2, 0.25) is 0 Å². The number of nitrogens with zero attached hydrogens (tertiary/aromatic N) is 4. The summed E-state index contributed by atoms with van der Waals surface area (Å²) in [4.78, 5) is 29.6. The van der Waals surface area contributed by atoms with Gasteiger partial charge < -0.3 is 14.4 Å². The van der Waals surface area contributed by atoms with Gasteiger partial charge in [-0.05, 0) is 57.9 Å². The number of fused-ring (bicyclic) bond motifs is 3. The predicted molar refractivity (Wildman–Crippen MR) is 152 cm³/mol. The molecule has 1 amide bonds. The van der Waals surface area contributed by atoms with Crippen molar-refractivity contribution in [3.05, 3.63) is 59.9 Å². The summed E-state index contributed by atoms with van der Waals surface area (Å²) in [5.74, 6) is 0.111. The van der Waals surface area contributed by atoms with E-state index in [1.165, 1.54) is 12.1 Å². The van der Waals surface area contributed by atoms with Gasteiger partial charge in [-0.1, -0.05) is 36.8 Å². The molecule has 0 radical (unpaired) electrons. The average molecular weight is 551 g/mol. The molecule has 1 fully saturated rings. The van der Waals surface area contributed by atoms with Crippen molar-refractivity contribution in [3.8, 4) is 5.75 Å². The van der Waals surface area contributed by atoms with Crippen molar-refractivity contribution in [1.82, 2.24) is 9.80 Å². The van der Waals surface area contributed by atoms with Gasteiger partial charge in [0.25, 0.3) is 0 Å². The summed E-state index contributed by atoms with van der Waals surface area (Å²) in [6.07, 6.45) is 2.26. The lowest BCUT2D eigenvalue weighted by Crippen LogP contribution is -2.53. The first-order valence-corrected chi connectivity index (χ1v) is 14.2. The number of benzene rings is 2. The van der Waals surface area contributed by atoms with Gasteiger partial charge in [0.2, 0.25) is 0 Å². The third-order valence-electron chi connectivity index (χ3n) is 8.00. The monoisotopic (exact) mass is 550 g/mol. The van der Waals surface area contributed by atoms with Crippen LogP contribution in [-0.2, 0) is 14.9 Å². The van der Waals surface area contributed by atoms with Crippen molar-refractivity contribution < 1.29 is 23.5 Å². The second-order valence-corrected chi connectivity index (χ2v) is 11.9. The molecule has 8 nitrogen and oxygen atoms in total. The summed E-state index contributed by atoms with van der Waals surface area (Å²) < 4.78 is 25.9. The maximum Gasteiger partial charge on any atom is 0.410 e. The fourth-order valence-corrected chi connectivity index (χ4v) is 6.13. The van der Waals surface area contributed by atoms with Gasteiger partial charge in [-0.15, -0.1) is 0 Å². The Labute approximate surface area is 235 Å². The topological polar surface area (TPSA) is 74.7 Å². The van der Waals surface area contributed by atoms with E-state index >= 15 is 0 Å². The van der Waals surface area contributed by atoms with Gasteiger partial charge in [-0.3, -0.25) is 14.7 Å². The van der Waals surface area contributed by atoms with Gasteiger partial charge in [0.15, 0.2) is 5.78 Å². The fourth-order valence-electron chi connectivity index (χ4n) is 6.13. The Morgan fingerprint density at radius 3 is 2.48 bits per heavy atom. The van der Waals surface area contributed by atoms with Crippen LogP contribution in [0.25, 0.3) is 0 Å². The van der Waals surface area contributed by atoms with E-state index in [9.17, 15) is 14.0 Å². The van der Waals surface area contributed by atoms with E-state index in [0.29, 0.717) is 43.3 Å². The van der Waals surface area contributed by atoms with Gasteiger partial charge in [-0.25, -0.2) is 9.18 Å². The van der Waals surface area contributed by atoms with E-state index in [1.54, 1.807) is 17.9 Å². The Hall–Kier alpha value is -3.46. The Kier molecular flexibility index (Phi) is 7.86. The third-order valence-corrected chi connectivity index (χ3v) is 8.00. The highest BCUT2D eigenvalue weighted by atomic mass is 19.1. The van der Waals surface area contributed by atoms with Crippen molar-refractivity contribution in [2.24, 2.45) is 5.10 Å². The smallest absolute Gasteiger partial charge is 0.410 e. The molecule has 2 atom stereocenters. The van der Waals surface area contributed by atoms with Crippen molar-refractivity contribution in [2.75, 3.05) is 44.3 Å². The van der Waals surface area contributed by atoms with E-state index in [0.717, 1.165) is 38.0 Å². The van der Waals surface area contributed by atoms with E-state index in [4.69, 9.17) is 14.6 Å². The van der Waals surface area contributed by atoms with Crippen molar-refractivity contribution in [3.63, 3.8) is 0 Å². The highest BCUT2D eigenvalue weighted by Crippen LogP contribution is 2.48. The standard InChI is InChI=1S/C31H39FN4O4/c1-22(37)28-31(23-10-6-5-7-11-23,27-21-39-26-13-12-24(32)20-25(26)36(27)33-28)14-8-9-15-34-16-18-35(19-17-34)29(38)40-30(2,3)4/h5-7,10-13,20,27H,8-9,14-19,21H2,1-4H3/t27-,31+/m1/s1. The van der Waals surface area contributed by atoms with Crippen LogP contribution in [0.15, 0.2) is 53.6 Å². The number of hydrazone groups is 1.